The van der Waals surface area contributed by atoms with Gasteiger partial charge in [-0.05, 0) is 38.4 Å². The molecule has 0 aromatic heterocycles. The molecule has 0 aromatic carbocycles. The monoisotopic (exact) mass is 198 g/mol. The molecule has 2 aliphatic rings. The molecule has 4 nitrogen and oxygen atoms in total. The van der Waals surface area contributed by atoms with E-state index in [2.05, 4.69) is 10.2 Å². The van der Waals surface area contributed by atoms with Gasteiger partial charge >= 0.3 is 5.97 Å². The van der Waals surface area contributed by atoms with E-state index >= 15 is 0 Å². The number of nitrogens with one attached hydrogen (secondary N) is 1. The largest absolute Gasteiger partial charge is 0.463 e. The van der Waals surface area contributed by atoms with Crippen LogP contribution in [0.1, 0.15) is 12.8 Å². The first kappa shape index (κ1) is 9.93. The number of hydrogen-bond acceptors (Lipinski definition) is 4. The number of cyclic esters (lactones) is 1. The Balaban J connectivity index is 1.66. The third kappa shape index (κ3) is 2.69. The molecule has 2 heterocycles. The smallest absolute Gasteiger partial charge is 0.320 e. The van der Waals surface area contributed by atoms with Gasteiger partial charge in [-0.25, -0.2) is 0 Å². The van der Waals surface area contributed by atoms with Crippen LogP contribution < -0.4 is 5.32 Å². The van der Waals surface area contributed by atoms with Crippen molar-refractivity contribution in [2.24, 2.45) is 5.92 Å². The van der Waals surface area contributed by atoms with E-state index < -0.39 is 0 Å². The van der Waals surface area contributed by atoms with Gasteiger partial charge in [-0.1, -0.05) is 0 Å². The highest BCUT2D eigenvalue weighted by molar-refractivity contribution is 5.72. The van der Waals surface area contributed by atoms with Crippen LogP contribution in [0, 0.1) is 5.92 Å². The molecule has 0 bridgehead atoms. The molecule has 2 saturated heterocycles. The lowest BCUT2D eigenvalue weighted by Gasteiger charge is -2.26. The van der Waals surface area contributed by atoms with Crippen molar-refractivity contribution in [3.8, 4) is 0 Å². The van der Waals surface area contributed by atoms with E-state index in [-0.39, 0.29) is 5.97 Å². The first-order chi connectivity index (χ1) is 6.84. The maximum absolute atomic E-state index is 11.0. The predicted molar refractivity (Wildman–Crippen MR) is 53.0 cm³/mol. The molecule has 2 fully saturated rings. The molecule has 1 unspecified atom stereocenters. The molecule has 4 heteroatoms. The minimum absolute atomic E-state index is 0.0687. The van der Waals surface area contributed by atoms with Gasteiger partial charge in [0.15, 0.2) is 0 Å². The van der Waals surface area contributed by atoms with E-state index in [1.807, 2.05) is 0 Å². The average Bonchev–Trinajstić information content (AvgIpc) is 2.67. The van der Waals surface area contributed by atoms with Gasteiger partial charge in [-0.2, -0.15) is 0 Å². The normalized spacial score (nSPS) is 29.1. The second-order valence-corrected chi connectivity index (χ2v) is 4.14. The highest BCUT2D eigenvalue weighted by Gasteiger charge is 2.20. The second kappa shape index (κ2) is 4.75. The number of carbonyl (C=O) groups excluding carboxylic acids is 1. The van der Waals surface area contributed by atoms with E-state index in [1.165, 1.54) is 12.8 Å². The zero-order chi connectivity index (χ0) is 9.80. The minimum atomic E-state index is -0.0687. The van der Waals surface area contributed by atoms with Crippen LogP contribution in [0.4, 0.5) is 0 Å². The van der Waals surface area contributed by atoms with E-state index in [0.29, 0.717) is 13.2 Å². The SMILES string of the molecule is O=C1CN(CCC2CCNC2)CCO1. The fourth-order valence-corrected chi connectivity index (χ4v) is 2.11. The summed E-state index contributed by atoms with van der Waals surface area (Å²) in [7, 11) is 0. The maximum atomic E-state index is 11.0. The van der Waals surface area contributed by atoms with E-state index in [4.69, 9.17) is 4.74 Å². The maximum Gasteiger partial charge on any atom is 0.320 e. The molecule has 2 aliphatic heterocycles. The van der Waals surface area contributed by atoms with Crippen LogP contribution in [-0.4, -0.2) is 50.2 Å². The predicted octanol–water partition coefficient (Wildman–Crippen LogP) is -0.155. The lowest BCUT2D eigenvalue weighted by Crippen LogP contribution is -2.40. The van der Waals surface area contributed by atoms with Crippen molar-refractivity contribution in [1.82, 2.24) is 10.2 Å². The summed E-state index contributed by atoms with van der Waals surface area (Å²) in [4.78, 5) is 13.2. The van der Waals surface area contributed by atoms with Crippen molar-refractivity contribution >= 4 is 5.97 Å². The van der Waals surface area contributed by atoms with Crippen molar-refractivity contribution in [2.75, 3.05) is 39.3 Å². The standard InChI is InChI=1S/C10H18N2O2/c13-10-8-12(5-6-14-10)4-2-9-1-3-11-7-9/h9,11H,1-8H2. The summed E-state index contributed by atoms with van der Waals surface area (Å²) in [6.45, 7) is 5.32. The molecule has 0 aliphatic carbocycles. The van der Waals surface area contributed by atoms with Crippen LogP contribution in [0.5, 0.6) is 0 Å². The van der Waals surface area contributed by atoms with Crippen molar-refractivity contribution in [2.45, 2.75) is 12.8 Å². The molecule has 1 atom stereocenters. The summed E-state index contributed by atoms with van der Waals surface area (Å²) in [5.74, 6) is 0.744. The first-order valence-electron chi connectivity index (χ1n) is 5.43. The van der Waals surface area contributed by atoms with E-state index in [1.54, 1.807) is 0 Å². The van der Waals surface area contributed by atoms with Crippen LogP contribution in [0.15, 0.2) is 0 Å². The molecule has 0 saturated carbocycles. The number of rotatable bonds is 3. The molecule has 0 spiro atoms. The topological polar surface area (TPSA) is 41.6 Å². The van der Waals surface area contributed by atoms with Crippen molar-refractivity contribution < 1.29 is 9.53 Å². The van der Waals surface area contributed by atoms with Gasteiger partial charge in [0.25, 0.3) is 0 Å². The van der Waals surface area contributed by atoms with Crippen LogP contribution in [-0.2, 0) is 9.53 Å². The number of ether oxygens (including phenoxy) is 1. The Labute approximate surface area is 84.6 Å². The quantitative estimate of drug-likeness (QED) is 0.640. The molecule has 2 rings (SSSR count). The van der Waals surface area contributed by atoms with Crippen molar-refractivity contribution in [3.63, 3.8) is 0 Å². The van der Waals surface area contributed by atoms with Gasteiger partial charge in [0.05, 0.1) is 6.54 Å². The highest BCUT2D eigenvalue weighted by atomic mass is 16.5. The fraction of sp³-hybridized carbons (Fsp3) is 0.900. The summed E-state index contributed by atoms with van der Waals surface area (Å²) in [6, 6.07) is 0. The molecular weight excluding hydrogens is 180 g/mol. The number of nitrogens with zero attached hydrogens (tertiary/aromatic N) is 1. The Kier molecular flexibility index (Phi) is 3.37. The van der Waals surface area contributed by atoms with E-state index in [9.17, 15) is 4.79 Å². The van der Waals surface area contributed by atoms with Crippen molar-refractivity contribution in [1.29, 1.82) is 0 Å². The van der Waals surface area contributed by atoms with E-state index in [0.717, 1.165) is 32.1 Å². The molecule has 0 aromatic rings. The van der Waals surface area contributed by atoms with Crippen LogP contribution >= 0.6 is 0 Å². The number of esters is 1. The Hall–Kier alpha value is -0.610. The summed E-state index contributed by atoms with van der Waals surface area (Å²) in [5.41, 5.74) is 0. The molecule has 14 heavy (non-hydrogen) atoms. The zero-order valence-electron chi connectivity index (χ0n) is 8.50. The summed E-state index contributed by atoms with van der Waals surface area (Å²) < 4.78 is 4.89. The van der Waals surface area contributed by atoms with Crippen molar-refractivity contribution in [3.05, 3.63) is 0 Å². The summed E-state index contributed by atoms with van der Waals surface area (Å²) in [5, 5.41) is 3.36. The molecule has 0 amide bonds. The zero-order valence-corrected chi connectivity index (χ0v) is 8.50. The van der Waals surface area contributed by atoms with Crippen LogP contribution in [0.2, 0.25) is 0 Å². The first-order valence-corrected chi connectivity index (χ1v) is 5.43. The van der Waals surface area contributed by atoms with Gasteiger partial charge in [0, 0.05) is 6.54 Å². The summed E-state index contributed by atoms with van der Waals surface area (Å²) in [6.07, 6.45) is 2.50. The Bertz CT molecular complexity index is 202. The average molecular weight is 198 g/mol. The molecule has 0 radical (unpaired) electrons. The minimum Gasteiger partial charge on any atom is -0.463 e. The lowest BCUT2D eigenvalue weighted by atomic mass is 10.0. The Morgan fingerprint density at radius 2 is 2.50 bits per heavy atom. The van der Waals surface area contributed by atoms with Gasteiger partial charge in [0.1, 0.15) is 6.61 Å². The molecular formula is C10H18N2O2. The number of morpholine rings is 1. The molecule has 1 N–H and O–H groups in total. The van der Waals surface area contributed by atoms with Gasteiger partial charge < -0.3 is 10.1 Å². The second-order valence-electron chi connectivity index (χ2n) is 4.14. The van der Waals surface area contributed by atoms with Gasteiger partial charge in [0.2, 0.25) is 0 Å². The summed E-state index contributed by atoms with van der Waals surface area (Å²) >= 11 is 0. The third-order valence-corrected chi connectivity index (χ3v) is 3.04. The third-order valence-electron chi connectivity index (χ3n) is 3.04. The number of carbonyl (C=O) groups is 1. The molecule has 80 valence electrons. The Morgan fingerprint density at radius 3 is 3.21 bits per heavy atom. The fourth-order valence-electron chi connectivity index (χ4n) is 2.11. The highest BCUT2D eigenvalue weighted by Crippen LogP contribution is 2.13. The lowest BCUT2D eigenvalue weighted by molar-refractivity contribution is -0.150. The van der Waals surface area contributed by atoms with Gasteiger partial charge in [-0.3, -0.25) is 9.69 Å². The van der Waals surface area contributed by atoms with Crippen LogP contribution in [0.25, 0.3) is 0 Å². The van der Waals surface area contributed by atoms with Gasteiger partial charge in [-0.15, -0.1) is 0 Å². The Morgan fingerprint density at radius 1 is 1.57 bits per heavy atom. The van der Waals surface area contributed by atoms with Crippen LogP contribution in [0.3, 0.4) is 0 Å². The number of hydrogen-bond donors (Lipinski definition) is 1.